The molecule has 4 fully saturated rings. The number of aromatic nitrogens is 2. The number of aliphatic carboxylic acids is 1. The van der Waals surface area contributed by atoms with Crippen molar-refractivity contribution in [2.75, 3.05) is 60.3 Å². The second kappa shape index (κ2) is 30.5. The van der Waals surface area contributed by atoms with Crippen molar-refractivity contribution in [1.82, 2.24) is 9.97 Å². The molecule has 2 aromatic carbocycles. The van der Waals surface area contributed by atoms with Gasteiger partial charge in [-0.25, -0.2) is 26.3 Å². The Morgan fingerprint density at radius 2 is 1.08 bits per heavy atom. The number of hydrogen-bond donors (Lipinski definition) is 2. The lowest BCUT2D eigenvalue weighted by atomic mass is 9.87. The van der Waals surface area contributed by atoms with Gasteiger partial charge in [0.1, 0.15) is 5.78 Å². The number of carbonyl (C=O) groups excluding carboxylic acids is 1. The van der Waals surface area contributed by atoms with E-state index >= 15 is 0 Å². The zero-order chi connectivity index (χ0) is 54.3. The number of amidine groups is 1. The number of aryl methyl sites for hydroxylation is 2. The summed E-state index contributed by atoms with van der Waals surface area (Å²) in [5.74, 6) is -9.20. The lowest BCUT2D eigenvalue weighted by Crippen LogP contribution is -2.44. The monoisotopic (exact) mass is 1250 g/mol. The van der Waals surface area contributed by atoms with E-state index in [9.17, 15) is 35.9 Å². The number of aliphatic imine (C=N–C) groups is 2. The first-order chi connectivity index (χ1) is 36.0. The average molecular weight is 1250 g/mol. The molecule has 2 saturated heterocycles. The van der Waals surface area contributed by atoms with Crippen LogP contribution < -0.4 is 15.5 Å². The first kappa shape index (κ1) is 63.0. The van der Waals surface area contributed by atoms with Gasteiger partial charge in [0.05, 0.1) is 29.5 Å². The van der Waals surface area contributed by atoms with Crippen molar-refractivity contribution in [3.8, 4) is 0 Å². The van der Waals surface area contributed by atoms with E-state index in [1.165, 1.54) is 42.0 Å². The molecular weight excluding hydrogens is 1180 g/mol. The molecule has 4 aromatic rings. The molecular formula is C55H68Cl2F6IN7O3S2. The van der Waals surface area contributed by atoms with Gasteiger partial charge in [-0.3, -0.25) is 29.5 Å². The molecule has 4 unspecified atom stereocenters. The number of anilines is 2. The molecule has 416 valence electrons. The Bertz CT molecular complexity index is 2620. The van der Waals surface area contributed by atoms with Crippen LogP contribution in [0.2, 0.25) is 0 Å². The summed E-state index contributed by atoms with van der Waals surface area (Å²) in [6.45, 7) is 8.04. The number of unbranched alkanes of at least 4 members (excludes halogenated alkanes) is 2. The van der Waals surface area contributed by atoms with Crippen molar-refractivity contribution in [1.29, 1.82) is 0 Å². The Labute approximate surface area is 478 Å². The van der Waals surface area contributed by atoms with E-state index in [1.54, 1.807) is 11.8 Å². The molecule has 76 heavy (non-hydrogen) atoms. The molecule has 3 N–H and O–H groups in total. The van der Waals surface area contributed by atoms with Gasteiger partial charge in [-0.15, -0.1) is 58.9 Å². The van der Waals surface area contributed by atoms with Crippen LogP contribution in [0.4, 0.5) is 37.7 Å². The molecule has 4 bridgehead atoms. The van der Waals surface area contributed by atoms with E-state index in [4.69, 9.17) is 44.0 Å². The number of benzene rings is 2. The largest absolute Gasteiger partial charge is 0.481 e. The molecule has 0 radical (unpaired) electrons. The SMILES string of the molecule is CSC(CC(=O)C(CCCCCl)c1ccc(F)c(F)c1F)=NC1[C@@H]2CC[C@H]1CN(c1ccnc(C)c1)C2.CSC(N)=NC1[C@@H]2CC[C@H]1CN(c1ccnc(C)c1)C2.I.O=C(O)C(CCCCCl)c1ccc(F)c(F)c1F. The van der Waals surface area contributed by atoms with Crippen LogP contribution in [0.5, 0.6) is 0 Å². The first-order valence-corrected chi connectivity index (χ1v) is 29.0. The second-order valence-electron chi connectivity index (χ2n) is 19.7. The number of hydrogen-bond acceptors (Lipinski definition) is 10. The fraction of sp³-hybridized carbons (Fsp3) is 0.527. The van der Waals surface area contributed by atoms with Crippen LogP contribution in [0.25, 0.3) is 0 Å². The molecule has 10 nitrogen and oxygen atoms in total. The number of Topliss-reactive ketones (excluding diaryl/α,β-unsaturated/α-hetero) is 1. The maximum atomic E-state index is 14.6. The minimum absolute atomic E-state index is 0. The Hall–Kier alpha value is -3.79. The van der Waals surface area contributed by atoms with Gasteiger partial charge in [-0.1, -0.05) is 36.7 Å². The molecule has 8 rings (SSSR count). The molecule has 0 amide bonds. The van der Waals surface area contributed by atoms with Crippen LogP contribution in [0, 0.1) is 72.4 Å². The van der Waals surface area contributed by atoms with Gasteiger partial charge in [0.15, 0.2) is 40.1 Å². The average Bonchev–Trinajstić information content (AvgIpc) is 3.76. The number of pyridine rings is 2. The van der Waals surface area contributed by atoms with Crippen LogP contribution in [0.1, 0.15) is 105 Å². The lowest BCUT2D eigenvalue weighted by molar-refractivity contribution is -0.139. The zero-order valence-electron chi connectivity index (χ0n) is 43.2. The predicted molar refractivity (Wildman–Crippen MR) is 308 cm³/mol. The number of piperidine rings is 2. The van der Waals surface area contributed by atoms with E-state index in [-0.39, 0.29) is 59.8 Å². The first-order valence-electron chi connectivity index (χ1n) is 25.5. The molecule has 2 aliphatic heterocycles. The Balaban J connectivity index is 0.000000231. The number of ketones is 1. The predicted octanol–water partition coefficient (Wildman–Crippen LogP) is 13.5. The highest BCUT2D eigenvalue weighted by Crippen LogP contribution is 2.43. The molecule has 21 heteroatoms. The van der Waals surface area contributed by atoms with E-state index < -0.39 is 52.7 Å². The standard InChI is InChI=1S/C28H33ClF3N3OS.C15H22N4S.C12H12ClF3O2.HI/c1-17-13-20(10-12-33-17)35-15-18-6-7-19(16-35)28(18)34-25(37-2)14-24(36)21(5-3-4-11-29)22-8-9-23(30)27(32)26(22)31;1-10-7-13(5-6-17-10)19-8-11-3-4-12(9-19)14(11)18-15(16)20-2;13-6-2-1-3-8(12(17)18)7-4-5-9(14)11(16)10(7)15;/h8-10,12-13,18-19,21,28H,3-7,11,14-16H2,1-2H3;5-7,11-12,14H,3-4,8-9H2,1-2H3,(H2,16,18);4-5,8H,1-3,6H2,(H,17,18);1H/t18-,19+,21?,28?;11-,12+,14?;;. The Kier molecular flexibility index (Phi) is 25.3. The number of alkyl halides is 2. The summed E-state index contributed by atoms with van der Waals surface area (Å²) in [6.07, 6.45) is 15.2. The highest BCUT2D eigenvalue weighted by atomic mass is 127. The maximum Gasteiger partial charge on any atom is 0.311 e. The van der Waals surface area contributed by atoms with Crippen LogP contribution in [-0.2, 0) is 9.59 Å². The van der Waals surface area contributed by atoms with E-state index in [0.717, 1.165) is 73.8 Å². The van der Waals surface area contributed by atoms with E-state index in [0.29, 0.717) is 78.6 Å². The number of halogens is 9. The van der Waals surface area contributed by atoms with Crippen molar-refractivity contribution in [2.24, 2.45) is 39.4 Å². The summed E-state index contributed by atoms with van der Waals surface area (Å²) in [7, 11) is 0. The third kappa shape index (κ3) is 16.6. The van der Waals surface area contributed by atoms with Gasteiger partial charge in [0.25, 0.3) is 0 Å². The summed E-state index contributed by atoms with van der Waals surface area (Å²) in [5.41, 5.74) is 10.0. The number of nitrogens with zero attached hydrogens (tertiary/aromatic N) is 6. The number of carboxylic acids is 1. The van der Waals surface area contributed by atoms with Crippen molar-refractivity contribution in [3.63, 3.8) is 0 Å². The summed E-state index contributed by atoms with van der Waals surface area (Å²) in [5, 5.41) is 10.4. The van der Waals surface area contributed by atoms with Gasteiger partial charge in [0.2, 0.25) is 0 Å². The van der Waals surface area contributed by atoms with Gasteiger partial charge >= 0.3 is 5.97 Å². The third-order valence-corrected chi connectivity index (χ3v) is 16.5. The van der Waals surface area contributed by atoms with Crippen molar-refractivity contribution < 1.29 is 41.0 Å². The highest BCUT2D eigenvalue weighted by molar-refractivity contribution is 14.0. The summed E-state index contributed by atoms with van der Waals surface area (Å²) in [6, 6.07) is 12.8. The Morgan fingerprint density at radius 3 is 1.47 bits per heavy atom. The second-order valence-corrected chi connectivity index (χ2v) is 22.1. The molecule has 4 aliphatic rings. The van der Waals surface area contributed by atoms with Crippen molar-refractivity contribution in [3.05, 3.63) is 118 Å². The van der Waals surface area contributed by atoms with Crippen LogP contribution in [0.3, 0.4) is 0 Å². The highest BCUT2D eigenvalue weighted by Gasteiger charge is 2.44. The Morgan fingerprint density at radius 1 is 0.658 bits per heavy atom. The van der Waals surface area contributed by atoms with Gasteiger partial charge < -0.3 is 20.6 Å². The molecule has 4 heterocycles. The van der Waals surface area contributed by atoms with Crippen LogP contribution in [0.15, 0.2) is 70.9 Å². The third-order valence-electron chi connectivity index (χ3n) is 14.7. The minimum Gasteiger partial charge on any atom is -0.481 e. The fourth-order valence-corrected chi connectivity index (χ4v) is 12.0. The maximum absolute atomic E-state index is 14.6. The number of carbonyl (C=O) groups is 2. The normalized spacial score (nSPS) is 21.7. The summed E-state index contributed by atoms with van der Waals surface area (Å²) < 4.78 is 81.5. The van der Waals surface area contributed by atoms with Crippen molar-refractivity contribution >= 4 is 104 Å². The van der Waals surface area contributed by atoms with Gasteiger partial charge in [-0.05, 0) is 138 Å². The smallest absolute Gasteiger partial charge is 0.311 e. The fourth-order valence-electron chi connectivity index (χ4n) is 10.9. The zero-order valence-corrected chi connectivity index (χ0v) is 48.7. The molecule has 2 aromatic heterocycles. The molecule has 2 aliphatic carbocycles. The number of rotatable bonds is 18. The van der Waals surface area contributed by atoms with Crippen molar-refractivity contribution in [2.45, 2.75) is 108 Å². The van der Waals surface area contributed by atoms with E-state index in [1.807, 2.05) is 44.8 Å². The van der Waals surface area contributed by atoms with E-state index in [2.05, 4.69) is 38.0 Å². The number of thioether (sulfide) groups is 2. The number of fused-ring (bicyclic) bond motifs is 4. The van der Waals surface area contributed by atoms with Crippen LogP contribution >= 0.6 is 70.7 Å². The quantitative estimate of drug-likeness (QED) is 0.0188. The molecule has 0 spiro atoms. The molecule has 8 atom stereocenters. The number of nitrogens with two attached hydrogens (primary N) is 1. The van der Waals surface area contributed by atoms with Crippen LogP contribution in [-0.4, -0.2) is 99.6 Å². The minimum atomic E-state index is -1.64. The summed E-state index contributed by atoms with van der Waals surface area (Å²) in [4.78, 5) is 47.7. The number of carboxylic acid groups (broad SMARTS) is 1. The lowest BCUT2D eigenvalue weighted by Gasteiger charge is -2.38. The summed E-state index contributed by atoms with van der Waals surface area (Å²) >= 11 is 14.2. The molecule has 2 saturated carbocycles. The van der Waals surface area contributed by atoms with Gasteiger partial charge in [-0.2, -0.15) is 0 Å². The topological polar surface area (TPSA) is 137 Å². The van der Waals surface area contributed by atoms with Gasteiger partial charge in [0, 0.05) is 90.1 Å².